The lowest BCUT2D eigenvalue weighted by Crippen LogP contribution is -2.49. The lowest BCUT2D eigenvalue weighted by molar-refractivity contribution is -0.127. The Hall–Kier alpha value is -4.64. The van der Waals surface area contributed by atoms with Crippen LogP contribution < -0.4 is 15.9 Å². The highest BCUT2D eigenvalue weighted by Gasteiger charge is 2.51. The monoisotopic (exact) mass is 599 g/mol. The second-order valence-electron chi connectivity index (χ2n) is 11.3. The Balaban J connectivity index is 1.54. The molecule has 2 fully saturated rings. The zero-order valence-corrected chi connectivity index (χ0v) is 24.2. The van der Waals surface area contributed by atoms with Crippen LogP contribution in [0.25, 0.3) is 28.0 Å². The standard InChI is InChI=1S/C31H27ClFN7O3/c1-4-24(42)38-10-11-39(22-14-21(22)38)29-17-13-18(32)27-25-19(33)6-5-7-20(25)35-23(41)12-16-8-9-34-26(15(2)3)28(16)40(30(17)36-27)31(43)37-29/h4-9,13,15,21-22H,1,10-12,14H2,2-3H3,(H,35,41)/t21-,22+/m1/s1. The molecule has 5 heterocycles. The zero-order valence-electron chi connectivity index (χ0n) is 23.5. The molecule has 43 heavy (non-hydrogen) atoms. The van der Waals surface area contributed by atoms with Gasteiger partial charge < -0.3 is 15.1 Å². The molecule has 1 saturated carbocycles. The Morgan fingerprint density at radius 2 is 2.00 bits per heavy atom. The van der Waals surface area contributed by atoms with Gasteiger partial charge in [0.15, 0.2) is 5.65 Å². The van der Waals surface area contributed by atoms with Crippen molar-refractivity contribution in [3.05, 3.63) is 81.8 Å². The molecule has 0 unspecified atom stereocenters. The molecule has 3 aliphatic rings. The minimum Gasteiger partial charge on any atom is -0.349 e. The van der Waals surface area contributed by atoms with Crippen LogP contribution in [0.2, 0.25) is 5.02 Å². The fraction of sp³-hybridized carbons (Fsp3) is 0.290. The highest BCUT2D eigenvalue weighted by atomic mass is 35.5. The lowest BCUT2D eigenvalue weighted by Gasteiger charge is -2.35. The predicted molar refractivity (Wildman–Crippen MR) is 161 cm³/mol. The SMILES string of the molecule is C=CC(=O)N1CCN(c2nc(=O)n3c4nc(c(Cl)cc24)-c2c(F)cccc2NC(=O)Cc2ccnc(C(C)C)c2-3)[C@H]2C[C@H]21. The van der Waals surface area contributed by atoms with Crippen LogP contribution in [0.15, 0.2) is 54.0 Å². The molecular formula is C31H27ClFN7O3. The number of amides is 2. The van der Waals surface area contributed by atoms with Gasteiger partial charge >= 0.3 is 5.69 Å². The molecule has 10 nitrogen and oxygen atoms in total. The van der Waals surface area contributed by atoms with Crippen LogP contribution in [0.1, 0.15) is 37.4 Å². The third kappa shape index (κ3) is 4.29. The first kappa shape index (κ1) is 27.2. The Morgan fingerprint density at radius 1 is 1.19 bits per heavy atom. The highest BCUT2D eigenvalue weighted by molar-refractivity contribution is 6.34. The van der Waals surface area contributed by atoms with Crippen LogP contribution in [-0.2, 0) is 16.0 Å². The van der Waals surface area contributed by atoms with Crippen molar-refractivity contribution >= 4 is 46.0 Å². The maximum atomic E-state index is 15.5. The molecule has 0 radical (unpaired) electrons. The molecule has 3 aromatic heterocycles. The van der Waals surface area contributed by atoms with E-state index in [9.17, 15) is 14.4 Å². The third-order valence-electron chi connectivity index (χ3n) is 8.32. The molecule has 2 aliphatic heterocycles. The van der Waals surface area contributed by atoms with Crippen molar-refractivity contribution in [3.8, 4) is 16.9 Å². The van der Waals surface area contributed by atoms with E-state index in [0.29, 0.717) is 41.2 Å². The fourth-order valence-corrected chi connectivity index (χ4v) is 6.56. The van der Waals surface area contributed by atoms with Gasteiger partial charge in [-0.25, -0.2) is 18.7 Å². The number of anilines is 2. The number of carbonyl (C=O) groups excluding carboxylic acids is 2. The van der Waals surface area contributed by atoms with Gasteiger partial charge in [0.2, 0.25) is 11.8 Å². The van der Waals surface area contributed by atoms with Gasteiger partial charge in [-0.05, 0) is 48.2 Å². The molecule has 2 bridgehead atoms. The van der Waals surface area contributed by atoms with Gasteiger partial charge in [-0.2, -0.15) is 4.98 Å². The van der Waals surface area contributed by atoms with Gasteiger partial charge in [0.1, 0.15) is 11.6 Å². The van der Waals surface area contributed by atoms with Gasteiger partial charge in [-0.1, -0.05) is 38.1 Å². The number of fused-ring (bicyclic) bond motifs is 6. The molecule has 4 aromatic rings. The highest BCUT2D eigenvalue weighted by Crippen LogP contribution is 2.43. The summed E-state index contributed by atoms with van der Waals surface area (Å²) in [4.78, 5) is 57.7. The zero-order chi connectivity index (χ0) is 30.2. The van der Waals surface area contributed by atoms with Crippen molar-refractivity contribution in [2.75, 3.05) is 23.3 Å². The van der Waals surface area contributed by atoms with E-state index in [4.69, 9.17) is 16.6 Å². The van der Waals surface area contributed by atoms with Crippen molar-refractivity contribution in [2.24, 2.45) is 0 Å². The van der Waals surface area contributed by atoms with E-state index < -0.39 is 17.4 Å². The van der Waals surface area contributed by atoms with Gasteiger partial charge in [0, 0.05) is 19.3 Å². The number of nitrogens with zero attached hydrogens (tertiary/aromatic N) is 6. The van der Waals surface area contributed by atoms with Crippen LogP contribution in [0, 0.1) is 5.82 Å². The number of rotatable bonds is 3. The maximum absolute atomic E-state index is 15.5. The number of aromatic nitrogens is 4. The van der Waals surface area contributed by atoms with Crippen molar-refractivity contribution in [1.29, 1.82) is 0 Å². The summed E-state index contributed by atoms with van der Waals surface area (Å²) < 4.78 is 16.8. The number of hydrogen-bond donors (Lipinski definition) is 1. The molecule has 12 heteroatoms. The van der Waals surface area contributed by atoms with Crippen LogP contribution in [0.3, 0.4) is 0 Å². The summed E-state index contributed by atoms with van der Waals surface area (Å²) in [5.74, 6) is -0.881. The number of halogens is 2. The van der Waals surface area contributed by atoms with E-state index in [1.165, 1.54) is 22.8 Å². The van der Waals surface area contributed by atoms with E-state index in [0.717, 1.165) is 6.42 Å². The second-order valence-corrected chi connectivity index (χ2v) is 11.7. The molecule has 1 aromatic carbocycles. The first-order chi connectivity index (χ1) is 20.7. The Morgan fingerprint density at radius 3 is 2.77 bits per heavy atom. The van der Waals surface area contributed by atoms with E-state index >= 15 is 4.39 Å². The van der Waals surface area contributed by atoms with Gasteiger partial charge in [-0.15, -0.1) is 0 Å². The Labute approximate surface area is 250 Å². The molecule has 218 valence electrons. The van der Waals surface area contributed by atoms with Gasteiger partial charge in [-0.3, -0.25) is 14.6 Å². The van der Waals surface area contributed by atoms with Crippen molar-refractivity contribution in [1.82, 2.24) is 24.4 Å². The van der Waals surface area contributed by atoms with Crippen LogP contribution >= 0.6 is 11.6 Å². The Bertz CT molecular complexity index is 1940. The summed E-state index contributed by atoms with van der Waals surface area (Å²) in [6, 6.07) is 7.64. The summed E-state index contributed by atoms with van der Waals surface area (Å²) in [5, 5.41) is 3.43. The third-order valence-corrected chi connectivity index (χ3v) is 8.61. The minimum absolute atomic E-state index is 0.0204. The van der Waals surface area contributed by atoms with Crippen molar-refractivity contribution < 1.29 is 14.0 Å². The number of pyridine rings is 2. The molecular weight excluding hydrogens is 573 g/mol. The largest absolute Gasteiger partial charge is 0.355 e. The first-order valence-electron chi connectivity index (χ1n) is 14.1. The summed E-state index contributed by atoms with van der Waals surface area (Å²) in [5.41, 5.74) is 1.47. The number of nitrogens with one attached hydrogen (secondary N) is 1. The normalized spacial score (nSPS) is 19.0. The molecule has 7 rings (SSSR count). The topological polar surface area (TPSA) is 113 Å². The summed E-state index contributed by atoms with van der Waals surface area (Å²) in [6.07, 6.45) is 3.54. The van der Waals surface area contributed by atoms with Gasteiger partial charge in [0.25, 0.3) is 0 Å². The van der Waals surface area contributed by atoms with Crippen LogP contribution in [0.5, 0.6) is 0 Å². The lowest BCUT2D eigenvalue weighted by atomic mass is 10.0. The maximum Gasteiger partial charge on any atom is 0.355 e. The van der Waals surface area contributed by atoms with E-state index in [1.54, 1.807) is 29.3 Å². The molecule has 1 aliphatic carbocycles. The van der Waals surface area contributed by atoms with Crippen molar-refractivity contribution in [3.63, 3.8) is 0 Å². The van der Waals surface area contributed by atoms with E-state index in [2.05, 4.69) is 21.9 Å². The smallest absolute Gasteiger partial charge is 0.349 e. The summed E-state index contributed by atoms with van der Waals surface area (Å²) >= 11 is 6.84. The number of carbonyl (C=O) groups is 2. The molecule has 1 saturated heterocycles. The molecule has 0 spiro atoms. The van der Waals surface area contributed by atoms with Gasteiger partial charge in [0.05, 0.1) is 57.2 Å². The average molecular weight is 600 g/mol. The Kier molecular flexibility index (Phi) is 6.31. The molecule has 2 atom stereocenters. The average Bonchev–Trinajstić information content (AvgIpc) is 3.77. The fourth-order valence-electron chi connectivity index (χ4n) is 6.31. The van der Waals surface area contributed by atoms with Crippen LogP contribution in [0.4, 0.5) is 15.9 Å². The quantitative estimate of drug-likeness (QED) is 0.351. The van der Waals surface area contributed by atoms with Crippen molar-refractivity contribution in [2.45, 2.75) is 44.7 Å². The summed E-state index contributed by atoms with van der Waals surface area (Å²) in [6.45, 7) is 8.38. The molecule has 1 N–H and O–H groups in total. The van der Waals surface area contributed by atoms with E-state index in [-0.39, 0.29) is 57.9 Å². The first-order valence-corrected chi connectivity index (χ1v) is 14.5. The predicted octanol–water partition coefficient (Wildman–Crippen LogP) is 4.23. The molecule has 2 amide bonds. The van der Waals surface area contributed by atoms with Crippen LogP contribution in [-0.4, -0.2) is 61.4 Å². The number of benzene rings is 1. The number of piperazine rings is 1. The second kappa shape index (κ2) is 9.98. The number of hydrogen-bond acceptors (Lipinski definition) is 7. The minimum atomic E-state index is -0.625. The van der Waals surface area contributed by atoms with E-state index in [1.807, 2.05) is 18.7 Å². The summed E-state index contributed by atoms with van der Waals surface area (Å²) in [7, 11) is 0.